The predicted octanol–water partition coefficient (Wildman–Crippen LogP) is 2.93. The molecule has 1 amide bonds. The molecule has 120 valence electrons. The summed E-state index contributed by atoms with van der Waals surface area (Å²) in [6, 6.07) is -0.342. The maximum atomic E-state index is 12.5. The van der Waals surface area contributed by atoms with E-state index in [0.717, 1.165) is 30.9 Å². The summed E-state index contributed by atoms with van der Waals surface area (Å²) < 4.78 is 0. The van der Waals surface area contributed by atoms with E-state index in [-0.39, 0.29) is 17.5 Å². The molecule has 4 aliphatic rings. The molecular weight excluding hydrogens is 280 g/mol. The number of carbonyl (C=O) groups excluding carboxylic acids is 1. The van der Waals surface area contributed by atoms with Crippen LogP contribution in [0.2, 0.25) is 0 Å². The van der Waals surface area contributed by atoms with Gasteiger partial charge in [0.15, 0.2) is 0 Å². The second-order valence-corrected chi connectivity index (χ2v) is 9.77. The summed E-state index contributed by atoms with van der Waals surface area (Å²) in [5.41, 5.74) is 6.98. The fourth-order valence-corrected chi connectivity index (χ4v) is 6.81. The molecule has 4 saturated carbocycles. The number of carbonyl (C=O) groups is 1. The van der Waals surface area contributed by atoms with Crippen molar-refractivity contribution < 1.29 is 4.79 Å². The van der Waals surface area contributed by atoms with Crippen molar-refractivity contribution in [2.45, 2.75) is 70.4 Å². The van der Waals surface area contributed by atoms with E-state index in [2.05, 4.69) is 25.4 Å². The number of nitrogens with one attached hydrogen (secondary N) is 1. The van der Waals surface area contributed by atoms with Crippen molar-refractivity contribution >= 4 is 17.7 Å². The monoisotopic (exact) mass is 310 g/mol. The Hall–Kier alpha value is -0.220. The van der Waals surface area contributed by atoms with Crippen LogP contribution in [-0.2, 0) is 4.79 Å². The van der Waals surface area contributed by atoms with E-state index in [1.807, 2.05) is 0 Å². The van der Waals surface area contributed by atoms with Gasteiger partial charge in [-0.05, 0) is 73.7 Å². The Morgan fingerprint density at radius 1 is 1.24 bits per heavy atom. The van der Waals surface area contributed by atoms with Crippen LogP contribution in [-0.4, -0.2) is 29.5 Å². The van der Waals surface area contributed by atoms with E-state index in [0.29, 0.717) is 10.8 Å². The number of nitrogens with two attached hydrogens (primary N) is 1. The molecule has 0 spiro atoms. The van der Waals surface area contributed by atoms with Crippen LogP contribution in [0, 0.1) is 16.7 Å². The van der Waals surface area contributed by atoms with Crippen LogP contribution in [0.5, 0.6) is 0 Å². The van der Waals surface area contributed by atoms with E-state index in [1.165, 1.54) is 25.7 Å². The summed E-state index contributed by atoms with van der Waals surface area (Å²) in [6.45, 7) is 4.87. The Bertz CT molecular complexity index is 421. The molecule has 0 heterocycles. The third-order valence-electron chi connectivity index (χ3n) is 5.98. The SMILES string of the molecule is CSCC[C@H](N)C(=O)NC12CC3CC(C)(CC(C)(C3)C1)C2. The Kier molecular flexibility index (Phi) is 3.85. The third-order valence-corrected chi connectivity index (χ3v) is 6.63. The minimum Gasteiger partial charge on any atom is -0.349 e. The molecule has 21 heavy (non-hydrogen) atoms. The molecule has 2 unspecified atom stereocenters. The minimum atomic E-state index is -0.342. The first kappa shape index (κ1) is 15.7. The molecule has 3 nitrogen and oxygen atoms in total. The molecule has 4 fully saturated rings. The largest absolute Gasteiger partial charge is 0.349 e. The quantitative estimate of drug-likeness (QED) is 0.821. The van der Waals surface area contributed by atoms with Gasteiger partial charge in [0.05, 0.1) is 6.04 Å². The van der Waals surface area contributed by atoms with Gasteiger partial charge in [-0.2, -0.15) is 11.8 Å². The van der Waals surface area contributed by atoms with Crippen molar-refractivity contribution in [3.63, 3.8) is 0 Å². The van der Waals surface area contributed by atoms with E-state index < -0.39 is 0 Å². The smallest absolute Gasteiger partial charge is 0.237 e. The van der Waals surface area contributed by atoms with Crippen molar-refractivity contribution in [2.75, 3.05) is 12.0 Å². The first-order chi connectivity index (χ1) is 9.77. The van der Waals surface area contributed by atoms with Gasteiger partial charge in [-0.15, -0.1) is 0 Å². The molecular formula is C17H30N2OS. The molecule has 0 aromatic carbocycles. The molecule has 3 N–H and O–H groups in total. The van der Waals surface area contributed by atoms with Crippen LogP contribution in [0.3, 0.4) is 0 Å². The zero-order valence-corrected chi connectivity index (χ0v) is 14.5. The lowest BCUT2D eigenvalue weighted by Crippen LogP contribution is -2.66. The number of hydrogen-bond acceptors (Lipinski definition) is 3. The molecule has 0 aromatic rings. The topological polar surface area (TPSA) is 55.1 Å². The summed E-state index contributed by atoms with van der Waals surface area (Å²) in [5.74, 6) is 1.84. The van der Waals surface area contributed by atoms with Crippen molar-refractivity contribution in [1.29, 1.82) is 0 Å². The van der Waals surface area contributed by atoms with Crippen LogP contribution in [0.1, 0.15) is 58.8 Å². The second-order valence-electron chi connectivity index (χ2n) is 8.79. The van der Waals surface area contributed by atoms with Gasteiger partial charge in [-0.3, -0.25) is 4.79 Å². The highest BCUT2D eigenvalue weighted by Crippen LogP contribution is 2.66. The molecule has 4 aliphatic carbocycles. The van der Waals surface area contributed by atoms with Gasteiger partial charge >= 0.3 is 0 Å². The zero-order chi connectivity index (χ0) is 15.3. The first-order valence-corrected chi connectivity index (χ1v) is 9.73. The molecule has 4 bridgehead atoms. The average Bonchev–Trinajstić information content (AvgIpc) is 2.30. The molecule has 0 aromatic heterocycles. The highest BCUT2D eigenvalue weighted by molar-refractivity contribution is 7.98. The van der Waals surface area contributed by atoms with Crippen LogP contribution < -0.4 is 11.1 Å². The Morgan fingerprint density at radius 2 is 1.86 bits per heavy atom. The number of hydrogen-bond donors (Lipinski definition) is 2. The Morgan fingerprint density at radius 3 is 2.38 bits per heavy atom. The van der Waals surface area contributed by atoms with E-state index in [4.69, 9.17) is 5.73 Å². The van der Waals surface area contributed by atoms with E-state index in [1.54, 1.807) is 11.8 Å². The normalized spacial score (nSPS) is 45.6. The van der Waals surface area contributed by atoms with Crippen LogP contribution >= 0.6 is 11.8 Å². The molecule has 4 rings (SSSR count). The Balaban J connectivity index is 1.71. The lowest BCUT2D eigenvalue weighted by Gasteiger charge is -2.65. The molecule has 0 saturated heterocycles. The van der Waals surface area contributed by atoms with Crippen molar-refractivity contribution in [1.82, 2.24) is 5.32 Å². The van der Waals surface area contributed by atoms with E-state index >= 15 is 0 Å². The second kappa shape index (κ2) is 5.16. The molecule has 0 aliphatic heterocycles. The summed E-state index contributed by atoms with van der Waals surface area (Å²) in [4.78, 5) is 12.5. The maximum absolute atomic E-state index is 12.5. The highest BCUT2D eigenvalue weighted by Gasteiger charge is 2.60. The van der Waals surface area contributed by atoms with Crippen molar-refractivity contribution in [2.24, 2.45) is 22.5 Å². The van der Waals surface area contributed by atoms with E-state index in [9.17, 15) is 4.79 Å². The summed E-state index contributed by atoms with van der Waals surface area (Å²) in [5, 5.41) is 3.41. The average molecular weight is 311 g/mol. The minimum absolute atomic E-state index is 0.0387. The predicted molar refractivity (Wildman–Crippen MR) is 89.3 cm³/mol. The summed E-state index contributed by atoms with van der Waals surface area (Å²) >= 11 is 1.76. The van der Waals surface area contributed by atoms with Crippen molar-refractivity contribution in [3.05, 3.63) is 0 Å². The van der Waals surface area contributed by atoms with Gasteiger partial charge < -0.3 is 11.1 Å². The van der Waals surface area contributed by atoms with Gasteiger partial charge in [-0.1, -0.05) is 13.8 Å². The van der Waals surface area contributed by atoms with Gasteiger partial charge in [-0.25, -0.2) is 0 Å². The maximum Gasteiger partial charge on any atom is 0.237 e. The summed E-state index contributed by atoms with van der Waals surface area (Å²) in [7, 11) is 0. The van der Waals surface area contributed by atoms with Crippen molar-refractivity contribution in [3.8, 4) is 0 Å². The van der Waals surface area contributed by atoms with Crippen LogP contribution in [0.25, 0.3) is 0 Å². The fourth-order valence-electron chi connectivity index (χ4n) is 6.32. The van der Waals surface area contributed by atoms with Gasteiger partial charge in [0.1, 0.15) is 0 Å². The van der Waals surface area contributed by atoms with Gasteiger partial charge in [0.25, 0.3) is 0 Å². The molecule has 3 atom stereocenters. The standard InChI is InChI=1S/C17H30N2OS/c1-15-6-12-7-16(2,9-15)11-17(8-12,10-15)19-14(20)13(18)4-5-21-3/h12-13H,4-11,18H2,1-3H3,(H,19,20)/t12?,13-,15?,16?,17?/m0/s1. The summed E-state index contributed by atoms with van der Waals surface area (Å²) in [6.07, 6.45) is 10.4. The number of amides is 1. The zero-order valence-electron chi connectivity index (χ0n) is 13.7. The highest BCUT2D eigenvalue weighted by atomic mass is 32.2. The first-order valence-electron chi connectivity index (χ1n) is 8.34. The molecule has 4 heteroatoms. The van der Waals surface area contributed by atoms with Gasteiger partial charge in [0.2, 0.25) is 5.91 Å². The van der Waals surface area contributed by atoms with Crippen LogP contribution in [0.15, 0.2) is 0 Å². The molecule has 0 radical (unpaired) electrons. The lowest BCUT2D eigenvalue weighted by molar-refractivity contribution is -0.140. The third kappa shape index (κ3) is 2.98. The lowest BCUT2D eigenvalue weighted by atomic mass is 9.43. The number of thioether (sulfide) groups is 1. The number of rotatable bonds is 5. The van der Waals surface area contributed by atoms with Crippen LogP contribution in [0.4, 0.5) is 0 Å². The Labute approximate surface area is 133 Å². The fraction of sp³-hybridized carbons (Fsp3) is 0.941. The van der Waals surface area contributed by atoms with Gasteiger partial charge in [0, 0.05) is 5.54 Å².